The van der Waals surface area contributed by atoms with Crippen LogP contribution in [0.5, 0.6) is 11.5 Å². The number of fused-ring (bicyclic) bond motifs is 5. The molecule has 3 fully saturated rings. The van der Waals surface area contributed by atoms with Gasteiger partial charge in [0.25, 0.3) is 15.3 Å². The maximum Gasteiger partial charge on any atom is 0.514 e. The van der Waals surface area contributed by atoms with Crippen LogP contribution in [0.4, 0.5) is 13.6 Å². The summed E-state index contributed by atoms with van der Waals surface area (Å²) in [4.78, 5) is 110. The van der Waals surface area contributed by atoms with E-state index in [0.717, 1.165) is 31.4 Å². The number of allylic oxidation sites excluding steroid dienone is 4. The van der Waals surface area contributed by atoms with E-state index in [0.29, 0.717) is 0 Å². The number of unbranched alkanes of at least 4 members (excludes halogenated alkanes) is 1. The van der Waals surface area contributed by atoms with Crippen LogP contribution in [0.2, 0.25) is 0 Å². The molecule has 362 valence electrons. The molecule has 3 saturated carbocycles. The smallest absolute Gasteiger partial charge is 0.493 e. The van der Waals surface area contributed by atoms with Gasteiger partial charge in [-0.1, -0.05) is 13.0 Å². The molecule has 0 aromatic heterocycles. The summed E-state index contributed by atoms with van der Waals surface area (Å²) < 4.78 is 60.3. The van der Waals surface area contributed by atoms with E-state index in [-0.39, 0.29) is 54.9 Å². The van der Waals surface area contributed by atoms with Crippen molar-refractivity contribution in [1.29, 1.82) is 0 Å². The van der Waals surface area contributed by atoms with E-state index in [2.05, 4.69) is 14.5 Å². The molecule has 0 radical (unpaired) electrons. The van der Waals surface area contributed by atoms with E-state index in [1.807, 2.05) is 0 Å². The van der Waals surface area contributed by atoms with E-state index in [4.69, 9.17) is 23.7 Å². The van der Waals surface area contributed by atoms with Crippen molar-refractivity contribution in [2.24, 2.45) is 22.7 Å². The Hall–Kier alpha value is -6.57. The molecule has 24 nitrogen and oxygen atoms in total. The molecular formula is C40H47F2N3O21. The van der Waals surface area contributed by atoms with Crippen LogP contribution >= 0.6 is 0 Å². The van der Waals surface area contributed by atoms with Crippen LogP contribution in [-0.4, -0.2) is 124 Å². The second-order valence-electron chi connectivity index (χ2n) is 16.5. The van der Waals surface area contributed by atoms with Crippen molar-refractivity contribution < 1.29 is 96.4 Å². The number of halogens is 2. The first-order chi connectivity index (χ1) is 31.0. The van der Waals surface area contributed by atoms with Gasteiger partial charge in [0.15, 0.2) is 29.6 Å². The predicted molar refractivity (Wildman–Crippen MR) is 210 cm³/mol. The van der Waals surface area contributed by atoms with Crippen molar-refractivity contribution in [1.82, 2.24) is 0 Å². The number of nitrogens with zero attached hydrogens (tertiary/aromatic N) is 3. The van der Waals surface area contributed by atoms with Gasteiger partial charge in [-0.3, -0.25) is 14.4 Å². The fourth-order valence-electron chi connectivity index (χ4n) is 9.92. The monoisotopic (exact) mass is 943 g/mol. The molecule has 1 aromatic rings. The number of ketones is 2. The highest BCUT2D eigenvalue weighted by Crippen LogP contribution is 2.70. The zero-order valence-electron chi connectivity index (χ0n) is 35.7. The number of rotatable bonds is 22. The lowest BCUT2D eigenvalue weighted by atomic mass is 9.44. The third-order valence-corrected chi connectivity index (χ3v) is 12.9. The number of hydrogen-bond acceptors (Lipinski definition) is 21. The Morgan fingerprint density at radius 2 is 1.62 bits per heavy atom. The summed E-state index contributed by atoms with van der Waals surface area (Å²) in [5, 5.41) is 51.9. The van der Waals surface area contributed by atoms with Gasteiger partial charge in [-0.15, -0.1) is 30.3 Å². The van der Waals surface area contributed by atoms with Crippen molar-refractivity contribution in [2.75, 3.05) is 33.5 Å². The van der Waals surface area contributed by atoms with Crippen LogP contribution in [0.25, 0.3) is 0 Å². The first kappa shape index (κ1) is 50.4. The number of aliphatic hydroxyl groups is 2. The van der Waals surface area contributed by atoms with Gasteiger partial charge in [-0.25, -0.2) is 18.4 Å². The zero-order chi connectivity index (χ0) is 48.8. The number of aliphatic hydroxyl groups excluding tert-OH is 2. The predicted octanol–water partition coefficient (Wildman–Crippen LogP) is 3.45. The quantitative estimate of drug-likeness (QED) is 0.0420. The minimum atomic E-state index is -2.68. The number of hydrogen-bond donors (Lipinski definition) is 2. The van der Waals surface area contributed by atoms with Crippen molar-refractivity contribution in [2.45, 2.75) is 101 Å². The lowest BCUT2D eigenvalue weighted by Gasteiger charge is -2.63. The number of carbonyl (C=O) groups is 5. The Morgan fingerprint density at radius 3 is 2.29 bits per heavy atom. The number of alkyl halides is 2. The number of carbonyl (C=O) groups excluding carboxylic acids is 5. The number of ether oxygens (including phenoxy) is 5. The molecule has 4 aliphatic rings. The first-order valence-electron chi connectivity index (χ1n) is 20.5. The largest absolute Gasteiger partial charge is 0.514 e. The summed E-state index contributed by atoms with van der Waals surface area (Å²) in [5.41, 5.74) is -9.33. The van der Waals surface area contributed by atoms with Gasteiger partial charge in [-0.05, 0) is 93.7 Å². The highest BCUT2D eigenvalue weighted by molar-refractivity contribution is 6.01. The molecule has 5 rings (SSSR count). The molecule has 0 aliphatic heterocycles. The van der Waals surface area contributed by atoms with Gasteiger partial charge in [0.1, 0.15) is 25.0 Å². The second-order valence-corrected chi connectivity index (χ2v) is 16.5. The van der Waals surface area contributed by atoms with Crippen molar-refractivity contribution in [3.8, 4) is 11.5 Å². The normalized spacial score (nSPS) is 29.9. The average Bonchev–Trinajstić information content (AvgIpc) is 3.46. The highest BCUT2D eigenvalue weighted by atomic mass is 19.1. The molecule has 0 spiro atoms. The highest BCUT2D eigenvalue weighted by Gasteiger charge is 2.79. The maximum atomic E-state index is 17.8. The number of esters is 2. The Labute approximate surface area is 372 Å². The first-order valence-corrected chi connectivity index (χ1v) is 20.5. The molecule has 0 saturated heterocycles. The summed E-state index contributed by atoms with van der Waals surface area (Å²) in [7, 11) is 1.15. The molecule has 0 bridgehead atoms. The topological polar surface area (TPSA) is 329 Å². The Kier molecular flexibility index (Phi) is 15.5. The SMILES string of the molecule is COc1cc(C(=O)OCCCCC(CO[N+](=O)[O-])O[N+](=O)[O-])ccc1OC(=O)OCC(=O)[C@@]1(OC(=O)CCCO[N+](=O)[O-])[C@H](O)CC2C3C[C@H](F)C4=CC(=O)C=C[C@]4(C)[C@@]3(F)[C@@H](O)C[C@@]21C. The summed E-state index contributed by atoms with van der Waals surface area (Å²) >= 11 is 0. The number of benzene rings is 1. The van der Waals surface area contributed by atoms with Crippen molar-refractivity contribution in [3.05, 3.63) is 77.9 Å². The van der Waals surface area contributed by atoms with Crippen LogP contribution in [0.3, 0.4) is 0 Å². The maximum absolute atomic E-state index is 17.8. The van der Waals surface area contributed by atoms with Crippen molar-refractivity contribution in [3.63, 3.8) is 0 Å². The molecule has 0 amide bonds. The van der Waals surface area contributed by atoms with Gasteiger partial charge in [-0.2, -0.15) is 0 Å². The van der Waals surface area contributed by atoms with Gasteiger partial charge in [0, 0.05) is 23.2 Å². The third-order valence-electron chi connectivity index (χ3n) is 12.9. The average molecular weight is 944 g/mol. The summed E-state index contributed by atoms with van der Waals surface area (Å²) in [5.74, 6) is -7.03. The molecule has 66 heavy (non-hydrogen) atoms. The summed E-state index contributed by atoms with van der Waals surface area (Å²) in [6.07, 6.45) is -7.73. The fourth-order valence-corrected chi connectivity index (χ4v) is 9.92. The molecule has 1 aromatic carbocycles. The molecule has 4 aliphatic carbocycles. The third kappa shape index (κ3) is 9.97. The Morgan fingerprint density at radius 1 is 0.909 bits per heavy atom. The number of methoxy groups -OCH3 is 1. The van der Waals surface area contributed by atoms with Crippen LogP contribution in [-0.2, 0) is 43.1 Å². The fraction of sp³-hybridized carbons (Fsp3) is 0.625. The molecule has 10 atom stereocenters. The minimum absolute atomic E-state index is 0.0462. The molecule has 0 heterocycles. The Bertz CT molecular complexity index is 2160. The van der Waals surface area contributed by atoms with Gasteiger partial charge < -0.3 is 48.4 Å². The van der Waals surface area contributed by atoms with E-state index in [1.165, 1.54) is 26.0 Å². The van der Waals surface area contributed by atoms with Crippen LogP contribution in [0, 0.1) is 53.0 Å². The minimum Gasteiger partial charge on any atom is -0.493 e. The van der Waals surface area contributed by atoms with E-state index < -0.39 is 149 Å². The van der Waals surface area contributed by atoms with Crippen LogP contribution in [0.15, 0.2) is 42.0 Å². The molecule has 3 unspecified atom stereocenters. The molecular weight excluding hydrogens is 896 g/mol. The van der Waals surface area contributed by atoms with E-state index in [1.54, 1.807) is 0 Å². The van der Waals surface area contributed by atoms with Gasteiger partial charge in [0.05, 0.1) is 32.0 Å². The summed E-state index contributed by atoms with van der Waals surface area (Å²) in [6.45, 7) is -0.0218. The zero-order valence-corrected chi connectivity index (χ0v) is 35.7. The standard InChI is InChI=1S/C40H47F2N3O21/c1-37-12-11-23(46)16-27(37)28(41)17-26-25-18-31(47)40(38(25,2)19-32(48)39(26,37)42,65-34(50)8-6-14-62-43(53)54)33(49)21-61-36(52)64-29-10-9-22(15-30(29)59-3)35(51)60-13-5-4-7-24(66-45(57)58)20-63-44(55)56/h9-12,15-16,24-26,28,31-32,47-48H,4-8,13-14,17-21H2,1-3H3/t24?,25?,26?,28-,31+,32-,37-,38-,39-,40-/m0/s1. The summed E-state index contributed by atoms with van der Waals surface area (Å²) in [6, 6.07) is 3.40. The Balaban J connectivity index is 1.29. The van der Waals surface area contributed by atoms with Crippen LogP contribution < -0.4 is 9.47 Å². The lowest BCUT2D eigenvalue weighted by molar-refractivity contribution is -0.790. The van der Waals surface area contributed by atoms with Crippen molar-refractivity contribution >= 4 is 29.7 Å². The molecule has 2 N–H and O–H groups in total. The lowest BCUT2D eigenvalue weighted by Crippen LogP contribution is -2.71. The molecule has 26 heteroatoms. The number of Topliss-reactive ketones (excluding diaryl/α,β-unsaturated/α-hetero) is 1. The van der Waals surface area contributed by atoms with E-state index in [9.17, 15) is 64.5 Å². The van der Waals surface area contributed by atoms with Gasteiger partial charge >= 0.3 is 18.1 Å². The van der Waals surface area contributed by atoms with Crippen LogP contribution in [0.1, 0.15) is 75.6 Å². The second kappa shape index (κ2) is 20.3. The van der Waals surface area contributed by atoms with Gasteiger partial charge in [0.2, 0.25) is 11.4 Å². The van der Waals surface area contributed by atoms with E-state index >= 15 is 8.78 Å².